The van der Waals surface area contributed by atoms with E-state index in [0.717, 1.165) is 0 Å². The van der Waals surface area contributed by atoms with Crippen molar-refractivity contribution in [2.45, 2.75) is 13.8 Å². The van der Waals surface area contributed by atoms with Crippen LogP contribution in [0, 0.1) is 11.8 Å². The first-order valence-corrected chi connectivity index (χ1v) is 7.02. The molecule has 0 aliphatic carbocycles. The Labute approximate surface area is 122 Å². The Balaban J connectivity index is 2.08. The lowest BCUT2D eigenvalue weighted by molar-refractivity contribution is 0.826. The fraction of sp³-hybridized carbons (Fsp3) is 0.150. The van der Waals surface area contributed by atoms with Crippen molar-refractivity contribution in [1.29, 1.82) is 0 Å². The van der Waals surface area contributed by atoms with Crippen LogP contribution < -0.4 is 0 Å². The molecule has 0 heteroatoms. The second kappa shape index (κ2) is 7.49. The van der Waals surface area contributed by atoms with Gasteiger partial charge < -0.3 is 0 Å². The van der Waals surface area contributed by atoms with Crippen LogP contribution in [0.1, 0.15) is 25.0 Å². The lowest BCUT2D eigenvalue weighted by Crippen LogP contribution is -1.99. The monoisotopic (exact) mass is 261 g/mol. The maximum atomic E-state index is 2.25. The highest BCUT2D eigenvalue weighted by molar-refractivity contribution is 5.53. The number of hydrogen-bond donors (Lipinski definition) is 0. The normalized spacial score (nSPS) is 13.3. The lowest BCUT2D eigenvalue weighted by Gasteiger charge is -2.11. The van der Waals surface area contributed by atoms with Gasteiger partial charge in [0, 0.05) is 5.92 Å². The van der Waals surface area contributed by atoms with Gasteiger partial charge in [0.25, 0.3) is 0 Å². The van der Waals surface area contributed by atoms with Gasteiger partial charge in [0.15, 0.2) is 0 Å². The van der Waals surface area contributed by atoms with Crippen LogP contribution in [0.25, 0.3) is 12.2 Å². The molecule has 0 atom stereocenters. The Hall–Kier alpha value is -2.08. The summed E-state index contributed by atoms with van der Waals surface area (Å²) in [6.07, 6.45) is 8.88. The molecule has 0 N–H and O–H groups in total. The van der Waals surface area contributed by atoms with Gasteiger partial charge in [0.2, 0.25) is 0 Å². The van der Waals surface area contributed by atoms with Gasteiger partial charge in [0.05, 0.1) is 0 Å². The molecule has 2 rings (SSSR count). The Kier molecular flexibility index (Phi) is 5.37. The van der Waals surface area contributed by atoms with E-state index in [1.165, 1.54) is 17.0 Å². The van der Waals surface area contributed by atoms with E-state index in [9.17, 15) is 0 Å². The van der Waals surface area contributed by atoms with Crippen molar-refractivity contribution >= 4 is 12.2 Å². The minimum Gasteiger partial charge on any atom is -0.0765 e. The summed E-state index contributed by atoms with van der Waals surface area (Å²) >= 11 is 0. The molecule has 1 radical (unpaired) electrons. The predicted molar refractivity (Wildman–Crippen MR) is 89.0 cm³/mol. The van der Waals surface area contributed by atoms with Crippen molar-refractivity contribution in [3.8, 4) is 0 Å². The van der Waals surface area contributed by atoms with E-state index >= 15 is 0 Å². The van der Waals surface area contributed by atoms with Crippen molar-refractivity contribution in [3.63, 3.8) is 0 Å². The third-order valence-corrected chi connectivity index (χ3v) is 3.26. The standard InChI is InChI=1S/C20H21/c1-17(2)20(15-13-18-9-5-3-6-10-18)16-14-19-11-7-4-8-12-19/h3-16,20H,1-2H3. The van der Waals surface area contributed by atoms with E-state index < -0.39 is 0 Å². The summed E-state index contributed by atoms with van der Waals surface area (Å²) in [5.74, 6) is 1.76. The Morgan fingerprint density at radius 3 is 1.45 bits per heavy atom. The van der Waals surface area contributed by atoms with E-state index in [-0.39, 0.29) is 0 Å². The summed E-state index contributed by atoms with van der Waals surface area (Å²) in [5.41, 5.74) is 2.48. The van der Waals surface area contributed by atoms with Gasteiger partial charge in [-0.05, 0) is 17.0 Å². The second-order valence-corrected chi connectivity index (χ2v) is 5.14. The van der Waals surface area contributed by atoms with Crippen LogP contribution >= 0.6 is 0 Å². The fourth-order valence-electron chi connectivity index (χ4n) is 2.01. The summed E-state index contributed by atoms with van der Waals surface area (Å²) in [6, 6.07) is 20.8. The Morgan fingerprint density at radius 2 is 1.10 bits per heavy atom. The van der Waals surface area contributed by atoms with E-state index in [1.807, 2.05) is 12.1 Å². The van der Waals surface area contributed by atoms with Gasteiger partial charge in [-0.3, -0.25) is 0 Å². The quantitative estimate of drug-likeness (QED) is 0.653. The first-order chi connectivity index (χ1) is 9.75. The fourth-order valence-corrected chi connectivity index (χ4v) is 2.01. The first kappa shape index (κ1) is 14.3. The topological polar surface area (TPSA) is 0 Å². The number of hydrogen-bond acceptors (Lipinski definition) is 0. The average Bonchev–Trinajstić information content (AvgIpc) is 2.49. The van der Waals surface area contributed by atoms with Crippen LogP contribution in [0.15, 0.2) is 72.8 Å². The average molecular weight is 261 g/mol. The van der Waals surface area contributed by atoms with Gasteiger partial charge >= 0.3 is 0 Å². The van der Waals surface area contributed by atoms with Crippen LogP contribution in [0.2, 0.25) is 0 Å². The van der Waals surface area contributed by atoms with Crippen LogP contribution in [-0.4, -0.2) is 0 Å². The molecule has 0 spiro atoms. The molecule has 0 unspecified atom stereocenters. The Morgan fingerprint density at radius 1 is 0.700 bits per heavy atom. The molecule has 0 amide bonds. The zero-order chi connectivity index (χ0) is 14.2. The summed E-state index contributed by atoms with van der Waals surface area (Å²) in [5, 5.41) is 0. The summed E-state index contributed by atoms with van der Waals surface area (Å²) in [4.78, 5) is 0. The van der Waals surface area contributed by atoms with Crippen molar-refractivity contribution in [1.82, 2.24) is 0 Å². The molecule has 0 saturated carbocycles. The molecule has 0 nitrogen and oxygen atoms in total. The van der Waals surface area contributed by atoms with Gasteiger partial charge in [-0.1, -0.05) is 98.8 Å². The summed E-state index contributed by atoms with van der Waals surface area (Å²) in [6.45, 7) is 4.35. The van der Waals surface area contributed by atoms with Crippen molar-refractivity contribution in [2.24, 2.45) is 5.92 Å². The van der Waals surface area contributed by atoms with Crippen LogP contribution in [0.3, 0.4) is 0 Å². The SMILES string of the molecule is C[C](C)C(C=Cc1ccccc1)C=Cc1ccccc1. The zero-order valence-electron chi connectivity index (χ0n) is 12.2. The van der Waals surface area contributed by atoms with Crippen LogP contribution in [0.4, 0.5) is 0 Å². The lowest BCUT2D eigenvalue weighted by atomic mass is 9.93. The molecular weight excluding hydrogens is 240 g/mol. The van der Waals surface area contributed by atoms with Crippen molar-refractivity contribution in [3.05, 3.63) is 89.9 Å². The maximum absolute atomic E-state index is 2.25. The number of allylic oxidation sites excluding steroid dienone is 2. The molecule has 0 saturated heterocycles. The van der Waals surface area contributed by atoms with Gasteiger partial charge in [-0.15, -0.1) is 0 Å². The zero-order valence-corrected chi connectivity index (χ0v) is 12.2. The first-order valence-electron chi connectivity index (χ1n) is 7.02. The smallest absolute Gasteiger partial charge is 0.000985 e. The molecule has 0 aliphatic heterocycles. The van der Waals surface area contributed by atoms with E-state index in [0.29, 0.717) is 5.92 Å². The van der Waals surface area contributed by atoms with Gasteiger partial charge in [-0.25, -0.2) is 0 Å². The third-order valence-electron chi connectivity index (χ3n) is 3.26. The van der Waals surface area contributed by atoms with Gasteiger partial charge in [-0.2, -0.15) is 0 Å². The summed E-state index contributed by atoms with van der Waals surface area (Å²) < 4.78 is 0. The molecule has 0 aromatic heterocycles. The molecule has 0 fully saturated rings. The summed E-state index contributed by atoms with van der Waals surface area (Å²) in [7, 11) is 0. The molecule has 0 aliphatic rings. The highest BCUT2D eigenvalue weighted by atomic mass is 14.1. The number of benzene rings is 2. The molecule has 2 aromatic carbocycles. The largest absolute Gasteiger partial charge is 0.0765 e. The minimum atomic E-state index is 0.371. The van der Waals surface area contributed by atoms with Crippen LogP contribution in [0.5, 0.6) is 0 Å². The van der Waals surface area contributed by atoms with Crippen molar-refractivity contribution in [2.75, 3.05) is 0 Å². The van der Waals surface area contributed by atoms with Crippen molar-refractivity contribution < 1.29 is 0 Å². The molecule has 0 heterocycles. The van der Waals surface area contributed by atoms with Crippen LogP contribution in [-0.2, 0) is 0 Å². The van der Waals surface area contributed by atoms with E-state index in [2.05, 4.69) is 86.7 Å². The number of rotatable bonds is 5. The molecule has 101 valence electrons. The highest BCUT2D eigenvalue weighted by Crippen LogP contribution is 2.19. The van der Waals surface area contributed by atoms with E-state index in [1.54, 1.807) is 0 Å². The Bertz CT molecular complexity index is 498. The highest BCUT2D eigenvalue weighted by Gasteiger charge is 2.05. The maximum Gasteiger partial charge on any atom is 0.000985 e. The molecule has 2 aromatic rings. The second-order valence-electron chi connectivity index (χ2n) is 5.14. The molecule has 0 bridgehead atoms. The molecular formula is C20H21. The minimum absolute atomic E-state index is 0.371. The third kappa shape index (κ3) is 4.55. The predicted octanol–water partition coefficient (Wildman–Crippen LogP) is 5.64. The molecule has 20 heavy (non-hydrogen) atoms. The van der Waals surface area contributed by atoms with E-state index in [4.69, 9.17) is 0 Å². The van der Waals surface area contributed by atoms with Gasteiger partial charge in [0.1, 0.15) is 0 Å².